The van der Waals surface area contributed by atoms with Crippen molar-refractivity contribution < 1.29 is 4.79 Å². The molecule has 3 nitrogen and oxygen atoms in total. The molecule has 2 saturated carbocycles. The third-order valence-corrected chi connectivity index (χ3v) is 5.12. The molecule has 2 bridgehead atoms. The third-order valence-electron chi connectivity index (χ3n) is 5.12. The second-order valence-electron chi connectivity index (χ2n) is 6.67. The highest BCUT2D eigenvalue weighted by Gasteiger charge is 2.40. The van der Waals surface area contributed by atoms with Crippen molar-refractivity contribution in [3.05, 3.63) is 29.8 Å². The molecule has 2 aliphatic carbocycles. The van der Waals surface area contributed by atoms with Crippen LogP contribution in [0.15, 0.2) is 24.3 Å². The first-order valence-corrected chi connectivity index (χ1v) is 8.34. The van der Waals surface area contributed by atoms with Gasteiger partial charge in [0.2, 0.25) is 5.91 Å². The molecule has 3 atom stereocenters. The van der Waals surface area contributed by atoms with Crippen LogP contribution in [0.25, 0.3) is 0 Å². The lowest BCUT2D eigenvalue weighted by Gasteiger charge is -2.21. The summed E-state index contributed by atoms with van der Waals surface area (Å²) in [5, 5.41) is 6.39. The number of hydrogen-bond donors (Lipinski definition) is 2. The summed E-state index contributed by atoms with van der Waals surface area (Å²) >= 11 is 0. The third kappa shape index (κ3) is 3.65. The number of benzene rings is 1. The van der Waals surface area contributed by atoms with E-state index in [2.05, 4.69) is 29.7 Å². The molecule has 3 unspecified atom stereocenters. The van der Waals surface area contributed by atoms with Gasteiger partial charge in [0.1, 0.15) is 0 Å². The summed E-state index contributed by atoms with van der Waals surface area (Å²) in [6.45, 7) is 3.91. The Morgan fingerprint density at radius 2 is 2.19 bits per heavy atom. The van der Waals surface area contributed by atoms with E-state index >= 15 is 0 Å². The normalized spacial score (nSPS) is 27.0. The first-order valence-electron chi connectivity index (χ1n) is 8.34. The maximum atomic E-state index is 12.2. The first kappa shape index (κ1) is 14.6. The van der Waals surface area contributed by atoms with Gasteiger partial charge in [0.15, 0.2) is 0 Å². The lowest BCUT2D eigenvalue weighted by atomic mass is 9.86. The van der Waals surface area contributed by atoms with Crippen molar-refractivity contribution in [2.45, 2.75) is 45.6 Å². The molecule has 0 aromatic heterocycles. The molecule has 1 amide bonds. The van der Waals surface area contributed by atoms with Gasteiger partial charge in [-0.15, -0.1) is 0 Å². The Labute approximate surface area is 127 Å². The molecule has 21 heavy (non-hydrogen) atoms. The molecule has 2 fully saturated rings. The van der Waals surface area contributed by atoms with Crippen LogP contribution in [0.2, 0.25) is 0 Å². The quantitative estimate of drug-likeness (QED) is 0.839. The van der Waals surface area contributed by atoms with E-state index in [1.807, 2.05) is 12.1 Å². The molecule has 2 aliphatic rings. The molecular formula is C18H26N2O. The highest BCUT2D eigenvalue weighted by Crippen LogP contribution is 2.49. The zero-order valence-corrected chi connectivity index (χ0v) is 12.9. The lowest BCUT2D eigenvalue weighted by molar-refractivity contribution is -0.117. The van der Waals surface area contributed by atoms with Crippen molar-refractivity contribution in [3.8, 4) is 0 Å². The summed E-state index contributed by atoms with van der Waals surface area (Å²) in [4.78, 5) is 12.2. The number of nitrogens with one attached hydrogen (secondary N) is 2. The van der Waals surface area contributed by atoms with Crippen molar-refractivity contribution >= 4 is 11.6 Å². The summed E-state index contributed by atoms with van der Waals surface area (Å²) in [5.41, 5.74) is 2.15. The Morgan fingerprint density at radius 1 is 1.29 bits per heavy atom. The van der Waals surface area contributed by atoms with Gasteiger partial charge in [0.25, 0.3) is 0 Å². The van der Waals surface area contributed by atoms with E-state index < -0.39 is 0 Å². The van der Waals surface area contributed by atoms with Crippen LogP contribution in [0.4, 0.5) is 5.69 Å². The van der Waals surface area contributed by atoms with Gasteiger partial charge in [-0.05, 0) is 61.3 Å². The van der Waals surface area contributed by atoms with E-state index in [-0.39, 0.29) is 5.91 Å². The molecule has 2 N–H and O–H groups in total. The smallest absolute Gasteiger partial charge is 0.224 e. The molecule has 1 aromatic carbocycles. The fourth-order valence-electron chi connectivity index (χ4n) is 4.10. The maximum Gasteiger partial charge on any atom is 0.224 e. The number of anilines is 1. The van der Waals surface area contributed by atoms with Gasteiger partial charge in [-0.25, -0.2) is 0 Å². The van der Waals surface area contributed by atoms with E-state index in [0.717, 1.165) is 30.6 Å². The average Bonchev–Trinajstić information content (AvgIpc) is 3.08. The number of carbonyl (C=O) groups excluding carboxylic acids is 1. The van der Waals surface area contributed by atoms with Gasteiger partial charge in [-0.3, -0.25) is 4.79 Å². The summed E-state index contributed by atoms with van der Waals surface area (Å²) in [7, 11) is 0. The Balaban J connectivity index is 1.52. The number of rotatable bonds is 6. The fraction of sp³-hybridized carbons (Fsp3) is 0.611. The molecule has 0 saturated heterocycles. The summed E-state index contributed by atoms with van der Waals surface area (Å²) in [5.74, 6) is 2.55. The van der Waals surface area contributed by atoms with E-state index in [0.29, 0.717) is 12.3 Å². The molecule has 3 rings (SSSR count). The molecule has 0 spiro atoms. The minimum atomic E-state index is 0.188. The zero-order chi connectivity index (χ0) is 14.7. The van der Waals surface area contributed by atoms with Crippen LogP contribution in [0.3, 0.4) is 0 Å². The standard InChI is InChI=1S/C18H26N2O/c1-2-19-12-14-4-3-5-17(10-14)20-18(21)11-16-9-13-6-7-15(16)8-13/h3-5,10,13,15-16,19H,2,6-9,11-12H2,1H3,(H,20,21). The van der Waals surface area contributed by atoms with Crippen LogP contribution < -0.4 is 10.6 Å². The summed E-state index contributed by atoms with van der Waals surface area (Å²) in [6, 6.07) is 8.16. The van der Waals surface area contributed by atoms with Gasteiger partial charge >= 0.3 is 0 Å². The predicted octanol–water partition coefficient (Wildman–Crippen LogP) is 3.56. The predicted molar refractivity (Wildman–Crippen MR) is 86.0 cm³/mol. The van der Waals surface area contributed by atoms with Crippen LogP contribution in [-0.2, 0) is 11.3 Å². The highest BCUT2D eigenvalue weighted by atomic mass is 16.1. The SMILES string of the molecule is CCNCc1cccc(NC(=O)CC2CC3CCC2C3)c1. The molecule has 1 aromatic rings. The highest BCUT2D eigenvalue weighted by molar-refractivity contribution is 5.90. The zero-order valence-electron chi connectivity index (χ0n) is 12.9. The first-order chi connectivity index (χ1) is 10.2. The maximum absolute atomic E-state index is 12.2. The average molecular weight is 286 g/mol. The Bertz CT molecular complexity index is 500. The monoisotopic (exact) mass is 286 g/mol. The number of amides is 1. The van der Waals surface area contributed by atoms with E-state index in [1.54, 1.807) is 0 Å². The van der Waals surface area contributed by atoms with Gasteiger partial charge in [0.05, 0.1) is 0 Å². The minimum Gasteiger partial charge on any atom is -0.326 e. The molecule has 0 aliphatic heterocycles. The van der Waals surface area contributed by atoms with Crippen molar-refractivity contribution in [3.63, 3.8) is 0 Å². The molecule has 0 heterocycles. The molecule has 0 radical (unpaired) electrons. The van der Waals surface area contributed by atoms with Crippen LogP contribution in [0, 0.1) is 17.8 Å². The second kappa shape index (κ2) is 6.61. The lowest BCUT2D eigenvalue weighted by Crippen LogP contribution is -2.20. The van der Waals surface area contributed by atoms with E-state index in [4.69, 9.17) is 0 Å². The number of carbonyl (C=O) groups is 1. The summed E-state index contributed by atoms with van der Waals surface area (Å²) in [6.07, 6.45) is 6.10. The van der Waals surface area contributed by atoms with Gasteiger partial charge in [-0.1, -0.05) is 25.5 Å². The second-order valence-corrected chi connectivity index (χ2v) is 6.67. The number of hydrogen-bond acceptors (Lipinski definition) is 2. The van der Waals surface area contributed by atoms with Crippen molar-refractivity contribution in [2.75, 3.05) is 11.9 Å². The van der Waals surface area contributed by atoms with Crippen molar-refractivity contribution in [2.24, 2.45) is 17.8 Å². The van der Waals surface area contributed by atoms with Crippen LogP contribution in [0.1, 0.15) is 44.6 Å². The summed E-state index contributed by atoms with van der Waals surface area (Å²) < 4.78 is 0. The number of fused-ring (bicyclic) bond motifs is 2. The van der Waals surface area contributed by atoms with Crippen molar-refractivity contribution in [1.82, 2.24) is 5.32 Å². The van der Waals surface area contributed by atoms with Crippen molar-refractivity contribution in [1.29, 1.82) is 0 Å². The Morgan fingerprint density at radius 3 is 2.90 bits per heavy atom. The topological polar surface area (TPSA) is 41.1 Å². The van der Waals surface area contributed by atoms with Gasteiger partial charge in [-0.2, -0.15) is 0 Å². The van der Waals surface area contributed by atoms with Crippen LogP contribution >= 0.6 is 0 Å². The van der Waals surface area contributed by atoms with Crippen LogP contribution in [-0.4, -0.2) is 12.5 Å². The molecular weight excluding hydrogens is 260 g/mol. The van der Waals surface area contributed by atoms with E-state index in [9.17, 15) is 4.79 Å². The largest absolute Gasteiger partial charge is 0.326 e. The van der Waals surface area contributed by atoms with Crippen LogP contribution in [0.5, 0.6) is 0 Å². The Kier molecular flexibility index (Phi) is 4.59. The van der Waals surface area contributed by atoms with Gasteiger partial charge in [0, 0.05) is 18.7 Å². The van der Waals surface area contributed by atoms with Gasteiger partial charge < -0.3 is 10.6 Å². The Hall–Kier alpha value is -1.35. The fourth-order valence-corrected chi connectivity index (χ4v) is 4.10. The molecule has 3 heteroatoms. The molecule has 114 valence electrons. The minimum absolute atomic E-state index is 0.188. The van der Waals surface area contributed by atoms with E-state index in [1.165, 1.54) is 31.2 Å².